The fourth-order valence-electron chi connectivity index (χ4n) is 2.34. The lowest BCUT2D eigenvalue weighted by atomic mass is 10.2. The number of H-pyrrole nitrogens is 1. The third-order valence-corrected chi connectivity index (χ3v) is 3.44. The van der Waals surface area contributed by atoms with Crippen molar-refractivity contribution in [2.75, 3.05) is 0 Å². The number of hydrogen-bond acceptors (Lipinski definition) is 4. The molecule has 7 nitrogen and oxygen atoms in total. The van der Waals surface area contributed by atoms with Crippen molar-refractivity contribution < 1.29 is 4.79 Å². The molecule has 0 aromatic carbocycles. The lowest BCUT2D eigenvalue weighted by Gasteiger charge is -2.12. The maximum Gasteiger partial charge on any atom is 0.328 e. The number of carbonyl (C=O) groups is 1. The van der Waals surface area contributed by atoms with Crippen LogP contribution in [0.4, 0.5) is 0 Å². The second-order valence-corrected chi connectivity index (χ2v) is 5.00. The van der Waals surface area contributed by atoms with Gasteiger partial charge in [0.1, 0.15) is 0 Å². The summed E-state index contributed by atoms with van der Waals surface area (Å²) in [7, 11) is 1.37. The van der Waals surface area contributed by atoms with Crippen LogP contribution in [0.1, 0.15) is 24.8 Å². The van der Waals surface area contributed by atoms with E-state index in [0.29, 0.717) is 0 Å². The Balaban J connectivity index is 2.01. The van der Waals surface area contributed by atoms with Gasteiger partial charge in [-0.2, -0.15) is 0 Å². The Labute approximate surface area is 109 Å². The highest BCUT2D eigenvalue weighted by molar-refractivity contribution is 5.78. The van der Waals surface area contributed by atoms with Crippen molar-refractivity contribution in [3.63, 3.8) is 0 Å². The first-order chi connectivity index (χ1) is 8.97. The van der Waals surface area contributed by atoms with Crippen LogP contribution in [-0.2, 0) is 18.3 Å². The van der Waals surface area contributed by atoms with Gasteiger partial charge in [0, 0.05) is 30.9 Å². The van der Waals surface area contributed by atoms with E-state index in [1.807, 2.05) is 0 Å². The van der Waals surface area contributed by atoms with Gasteiger partial charge in [0.15, 0.2) is 0 Å². The molecule has 104 valence electrons. The van der Waals surface area contributed by atoms with Crippen molar-refractivity contribution in [2.45, 2.75) is 37.8 Å². The van der Waals surface area contributed by atoms with Gasteiger partial charge in [-0.15, -0.1) is 0 Å². The van der Waals surface area contributed by atoms with Crippen LogP contribution in [-0.4, -0.2) is 27.5 Å². The summed E-state index contributed by atoms with van der Waals surface area (Å²) >= 11 is 0. The van der Waals surface area contributed by atoms with Crippen LogP contribution in [0.3, 0.4) is 0 Å². The maximum absolute atomic E-state index is 11.8. The normalized spacial score (nSPS) is 22.4. The third kappa shape index (κ3) is 3.11. The molecule has 0 spiro atoms. The van der Waals surface area contributed by atoms with E-state index in [4.69, 9.17) is 5.73 Å². The van der Waals surface area contributed by atoms with E-state index in [-0.39, 0.29) is 30.0 Å². The minimum absolute atomic E-state index is 0.0325. The minimum atomic E-state index is -0.490. The van der Waals surface area contributed by atoms with Crippen LogP contribution in [0.15, 0.2) is 15.8 Å². The summed E-state index contributed by atoms with van der Waals surface area (Å²) in [6, 6.07) is 0.236. The van der Waals surface area contributed by atoms with Crippen molar-refractivity contribution in [2.24, 2.45) is 12.8 Å². The van der Waals surface area contributed by atoms with Crippen molar-refractivity contribution in [3.8, 4) is 0 Å². The predicted octanol–water partition coefficient (Wildman–Crippen LogP) is -1.39. The molecule has 1 amide bonds. The van der Waals surface area contributed by atoms with E-state index >= 15 is 0 Å². The Morgan fingerprint density at radius 3 is 2.89 bits per heavy atom. The van der Waals surface area contributed by atoms with E-state index in [9.17, 15) is 14.4 Å². The standard InChI is InChI=1S/C12H18N4O3/c1-16-11(18)7(6-14-12(16)19)4-10(17)15-9-3-2-8(13)5-9/h6,8-9H,2-5,13H2,1H3,(H,14,19)(H,15,17)/t8-,9-/m0/s1. The van der Waals surface area contributed by atoms with Crippen LogP contribution in [0.5, 0.6) is 0 Å². The van der Waals surface area contributed by atoms with E-state index in [2.05, 4.69) is 10.3 Å². The summed E-state index contributed by atoms with van der Waals surface area (Å²) in [5.41, 5.74) is 5.12. The molecule has 2 rings (SSSR count). The Morgan fingerprint density at radius 2 is 2.26 bits per heavy atom. The molecule has 1 fully saturated rings. The van der Waals surface area contributed by atoms with E-state index in [0.717, 1.165) is 23.8 Å². The zero-order valence-electron chi connectivity index (χ0n) is 10.8. The molecule has 7 heteroatoms. The number of nitrogens with zero attached hydrogens (tertiary/aromatic N) is 1. The number of aromatic amines is 1. The zero-order chi connectivity index (χ0) is 14.0. The lowest BCUT2D eigenvalue weighted by molar-refractivity contribution is -0.121. The fourth-order valence-corrected chi connectivity index (χ4v) is 2.34. The second kappa shape index (κ2) is 5.40. The number of carbonyl (C=O) groups excluding carboxylic acids is 1. The SMILES string of the molecule is Cn1c(=O)[nH]cc(CC(=O)N[C@H]2CC[C@H](N)C2)c1=O. The first-order valence-electron chi connectivity index (χ1n) is 6.30. The summed E-state index contributed by atoms with van der Waals surface area (Å²) < 4.78 is 0.952. The van der Waals surface area contributed by atoms with Crippen LogP contribution < -0.4 is 22.3 Å². The minimum Gasteiger partial charge on any atom is -0.353 e. The Bertz CT molecular complexity index is 589. The van der Waals surface area contributed by atoms with Crippen molar-refractivity contribution >= 4 is 5.91 Å². The Morgan fingerprint density at radius 1 is 1.53 bits per heavy atom. The van der Waals surface area contributed by atoms with Gasteiger partial charge in [-0.3, -0.25) is 14.2 Å². The molecule has 1 aromatic rings. The van der Waals surface area contributed by atoms with Gasteiger partial charge in [0.2, 0.25) is 5.91 Å². The molecule has 0 saturated heterocycles. The molecule has 0 bridgehead atoms. The van der Waals surface area contributed by atoms with Crippen LogP contribution >= 0.6 is 0 Å². The molecule has 19 heavy (non-hydrogen) atoms. The predicted molar refractivity (Wildman–Crippen MR) is 69.8 cm³/mol. The molecular formula is C12H18N4O3. The first-order valence-corrected chi connectivity index (χ1v) is 6.30. The quantitative estimate of drug-likeness (QED) is 0.625. The van der Waals surface area contributed by atoms with Gasteiger partial charge in [0.05, 0.1) is 6.42 Å². The molecule has 0 unspecified atom stereocenters. The van der Waals surface area contributed by atoms with E-state index < -0.39 is 11.2 Å². The number of hydrogen-bond donors (Lipinski definition) is 3. The monoisotopic (exact) mass is 266 g/mol. The van der Waals surface area contributed by atoms with E-state index in [1.54, 1.807) is 0 Å². The molecule has 2 atom stereocenters. The highest BCUT2D eigenvalue weighted by Gasteiger charge is 2.23. The Hall–Kier alpha value is -1.89. The summed E-state index contributed by atoms with van der Waals surface area (Å²) in [6.07, 6.45) is 3.82. The summed E-state index contributed by atoms with van der Waals surface area (Å²) in [5, 5.41) is 2.86. The smallest absolute Gasteiger partial charge is 0.328 e. The van der Waals surface area contributed by atoms with Gasteiger partial charge in [0.25, 0.3) is 5.56 Å². The third-order valence-electron chi connectivity index (χ3n) is 3.44. The fraction of sp³-hybridized carbons (Fsp3) is 0.583. The highest BCUT2D eigenvalue weighted by atomic mass is 16.2. The number of nitrogens with two attached hydrogens (primary N) is 1. The first kappa shape index (κ1) is 13.5. The molecule has 1 saturated carbocycles. The van der Waals surface area contributed by atoms with Gasteiger partial charge < -0.3 is 16.0 Å². The van der Waals surface area contributed by atoms with Gasteiger partial charge in [-0.25, -0.2) is 4.79 Å². The van der Waals surface area contributed by atoms with Crippen molar-refractivity contribution in [1.82, 2.24) is 14.9 Å². The number of nitrogens with one attached hydrogen (secondary N) is 2. The summed E-state index contributed by atoms with van der Waals surface area (Å²) in [6.45, 7) is 0. The maximum atomic E-state index is 11.8. The van der Waals surface area contributed by atoms with Crippen LogP contribution in [0, 0.1) is 0 Å². The zero-order valence-corrected chi connectivity index (χ0v) is 10.8. The average molecular weight is 266 g/mol. The number of rotatable bonds is 3. The Kier molecular flexibility index (Phi) is 3.84. The molecule has 1 aliphatic carbocycles. The van der Waals surface area contributed by atoms with Gasteiger partial charge in [-0.1, -0.05) is 0 Å². The molecule has 0 radical (unpaired) electrons. The second-order valence-electron chi connectivity index (χ2n) is 5.00. The average Bonchev–Trinajstić information content (AvgIpc) is 2.75. The van der Waals surface area contributed by atoms with Crippen LogP contribution in [0.2, 0.25) is 0 Å². The molecule has 1 aromatic heterocycles. The largest absolute Gasteiger partial charge is 0.353 e. The molecule has 0 aliphatic heterocycles. The number of aromatic nitrogens is 2. The molecule has 4 N–H and O–H groups in total. The van der Waals surface area contributed by atoms with Crippen molar-refractivity contribution in [1.29, 1.82) is 0 Å². The summed E-state index contributed by atoms with van der Waals surface area (Å²) in [4.78, 5) is 37.2. The molecule has 1 heterocycles. The van der Waals surface area contributed by atoms with E-state index in [1.165, 1.54) is 13.2 Å². The topological polar surface area (TPSA) is 110 Å². The number of amides is 1. The van der Waals surface area contributed by atoms with Gasteiger partial charge >= 0.3 is 5.69 Å². The lowest BCUT2D eigenvalue weighted by Crippen LogP contribution is -2.39. The molecular weight excluding hydrogens is 248 g/mol. The molecule has 1 aliphatic rings. The van der Waals surface area contributed by atoms with Crippen molar-refractivity contribution in [3.05, 3.63) is 32.6 Å². The highest BCUT2D eigenvalue weighted by Crippen LogP contribution is 2.16. The summed E-state index contributed by atoms with van der Waals surface area (Å²) in [5.74, 6) is -0.219. The van der Waals surface area contributed by atoms with Gasteiger partial charge in [-0.05, 0) is 19.3 Å². The van der Waals surface area contributed by atoms with Crippen LogP contribution in [0.25, 0.3) is 0 Å².